The van der Waals surface area contributed by atoms with Crippen molar-refractivity contribution in [1.29, 1.82) is 0 Å². The Morgan fingerprint density at radius 3 is 2.56 bits per heavy atom. The standard InChI is InChI=1S/C26H27N5O3/c1-16-12-13-18(14-24(16)31(33)34)28-22-10-7-11-23-26(22)20(15-25(32)27-17(2)30(3)4)19-8-5-6-9-21(19)29-23/h5-14,17,28H,15H2,1-4H3,(H,27,32). The van der Waals surface area contributed by atoms with E-state index in [0.717, 1.165) is 33.1 Å². The Labute approximate surface area is 197 Å². The van der Waals surface area contributed by atoms with Crippen LogP contribution in [-0.2, 0) is 11.2 Å². The van der Waals surface area contributed by atoms with E-state index in [1.54, 1.807) is 19.1 Å². The average Bonchev–Trinajstić information content (AvgIpc) is 2.79. The molecule has 0 spiro atoms. The zero-order chi connectivity index (χ0) is 24.4. The zero-order valence-corrected chi connectivity index (χ0v) is 19.6. The second kappa shape index (κ2) is 9.44. The first-order chi connectivity index (χ1) is 16.2. The molecule has 0 aliphatic carbocycles. The number of nitrogens with zero attached hydrogens (tertiary/aromatic N) is 3. The number of benzene rings is 3. The monoisotopic (exact) mass is 457 g/mol. The van der Waals surface area contributed by atoms with E-state index in [9.17, 15) is 14.9 Å². The van der Waals surface area contributed by atoms with Crippen molar-refractivity contribution < 1.29 is 9.72 Å². The molecule has 174 valence electrons. The van der Waals surface area contributed by atoms with E-state index in [2.05, 4.69) is 10.6 Å². The molecular formula is C26H27N5O3. The van der Waals surface area contributed by atoms with Gasteiger partial charge in [0.1, 0.15) is 0 Å². The van der Waals surface area contributed by atoms with Gasteiger partial charge in [-0.3, -0.25) is 19.8 Å². The molecule has 1 aromatic heterocycles. The number of nitrogens with one attached hydrogen (secondary N) is 2. The molecule has 0 radical (unpaired) electrons. The SMILES string of the molecule is Cc1ccc(Nc2cccc3nc4ccccc4c(CC(=O)NC(C)N(C)C)c23)cc1[N+](=O)[O-]. The lowest BCUT2D eigenvalue weighted by Crippen LogP contribution is -2.43. The summed E-state index contributed by atoms with van der Waals surface area (Å²) in [6.07, 6.45) is 0.0577. The maximum Gasteiger partial charge on any atom is 0.274 e. The van der Waals surface area contributed by atoms with Gasteiger partial charge in [-0.25, -0.2) is 4.98 Å². The summed E-state index contributed by atoms with van der Waals surface area (Å²) in [5.41, 5.74) is 4.37. The number of nitro groups is 1. The predicted molar refractivity (Wildman–Crippen MR) is 135 cm³/mol. The molecule has 0 aliphatic heterocycles. The second-order valence-electron chi connectivity index (χ2n) is 8.57. The van der Waals surface area contributed by atoms with Crippen molar-refractivity contribution in [3.63, 3.8) is 0 Å². The smallest absolute Gasteiger partial charge is 0.274 e. The minimum atomic E-state index is -0.389. The first kappa shape index (κ1) is 23.1. The fraction of sp³-hybridized carbons (Fsp3) is 0.231. The fourth-order valence-corrected chi connectivity index (χ4v) is 3.94. The van der Waals surface area contributed by atoms with E-state index in [4.69, 9.17) is 4.98 Å². The number of carbonyl (C=O) groups excluding carboxylic acids is 1. The molecule has 0 fully saturated rings. The van der Waals surface area contributed by atoms with Crippen LogP contribution in [0.2, 0.25) is 0 Å². The lowest BCUT2D eigenvalue weighted by atomic mass is 9.98. The topological polar surface area (TPSA) is 100 Å². The van der Waals surface area contributed by atoms with Gasteiger partial charge in [0.05, 0.1) is 28.5 Å². The Bertz CT molecular complexity index is 1400. The molecule has 1 heterocycles. The number of aromatic nitrogens is 1. The van der Waals surface area contributed by atoms with Gasteiger partial charge in [-0.15, -0.1) is 0 Å². The van der Waals surface area contributed by atoms with Gasteiger partial charge >= 0.3 is 0 Å². The normalized spacial score (nSPS) is 12.1. The number of hydrogen-bond acceptors (Lipinski definition) is 6. The van der Waals surface area contributed by atoms with Crippen LogP contribution in [0.15, 0.2) is 60.7 Å². The van der Waals surface area contributed by atoms with E-state index in [1.165, 1.54) is 6.07 Å². The minimum Gasteiger partial charge on any atom is -0.355 e. The van der Waals surface area contributed by atoms with Crippen LogP contribution in [0.1, 0.15) is 18.1 Å². The number of hydrogen-bond donors (Lipinski definition) is 2. The Morgan fingerprint density at radius 1 is 1.09 bits per heavy atom. The molecule has 4 aromatic rings. The van der Waals surface area contributed by atoms with Crippen LogP contribution in [0.3, 0.4) is 0 Å². The summed E-state index contributed by atoms with van der Waals surface area (Å²) in [6.45, 7) is 3.64. The molecule has 34 heavy (non-hydrogen) atoms. The van der Waals surface area contributed by atoms with E-state index in [-0.39, 0.29) is 29.1 Å². The van der Waals surface area contributed by atoms with Crippen molar-refractivity contribution in [2.24, 2.45) is 0 Å². The molecule has 1 unspecified atom stereocenters. The van der Waals surface area contributed by atoms with Crippen molar-refractivity contribution in [2.45, 2.75) is 26.4 Å². The summed E-state index contributed by atoms with van der Waals surface area (Å²) < 4.78 is 0. The highest BCUT2D eigenvalue weighted by molar-refractivity contribution is 6.06. The maximum absolute atomic E-state index is 13.0. The van der Waals surface area contributed by atoms with Crippen LogP contribution in [0, 0.1) is 17.0 Å². The van der Waals surface area contributed by atoms with Crippen LogP contribution < -0.4 is 10.6 Å². The minimum absolute atomic E-state index is 0.0473. The number of rotatable bonds is 7. The molecule has 8 nitrogen and oxygen atoms in total. The number of carbonyl (C=O) groups is 1. The van der Waals surface area contributed by atoms with E-state index in [1.807, 2.05) is 68.4 Å². The van der Waals surface area contributed by atoms with Crippen LogP contribution in [0.5, 0.6) is 0 Å². The highest BCUT2D eigenvalue weighted by atomic mass is 16.6. The molecule has 0 saturated carbocycles. The molecule has 2 N–H and O–H groups in total. The Kier molecular flexibility index (Phi) is 6.43. The highest BCUT2D eigenvalue weighted by Gasteiger charge is 2.18. The third-order valence-corrected chi connectivity index (χ3v) is 5.98. The predicted octanol–water partition coefficient (Wildman–Crippen LogP) is 4.91. The molecule has 1 amide bonds. The van der Waals surface area contributed by atoms with Gasteiger partial charge in [-0.05, 0) is 57.8 Å². The van der Waals surface area contributed by atoms with Gasteiger partial charge < -0.3 is 10.6 Å². The molecule has 8 heteroatoms. The van der Waals surface area contributed by atoms with Crippen molar-refractivity contribution >= 4 is 44.8 Å². The number of fused-ring (bicyclic) bond motifs is 2. The fourth-order valence-electron chi connectivity index (χ4n) is 3.94. The molecule has 3 aromatic carbocycles. The number of anilines is 2. The number of nitro benzene ring substituents is 1. The van der Waals surface area contributed by atoms with Crippen molar-refractivity contribution in [1.82, 2.24) is 15.2 Å². The third kappa shape index (κ3) is 4.67. The van der Waals surface area contributed by atoms with Gasteiger partial charge in [0, 0.05) is 33.8 Å². The van der Waals surface area contributed by atoms with Gasteiger partial charge in [-0.2, -0.15) is 0 Å². The number of pyridine rings is 1. The lowest BCUT2D eigenvalue weighted by Gasteiger charge is -2.22. The van der Waals surface area contributed by atoms with E-state index >= 15 is 0 Å². The maximum atomic E-state index is 13.0. The first-order valence-corrected chi connectivity index (χ1v) is 11.0. The average molecular weight is 458 g/mol. The summed E-state index contributed by atoms with van der Waals surface area (Å²) >= 11 is 0. The summed E-state index contributed by atoms with van der Waals surface area (Å²) in [6, 6.07) is 18.5. The van der Waals surface area contributed by atoms with E-state index in [0.29, 0.717) is 11.3 Å². The van der Waals surface area contributed by atoms with Gasteiger partial charge in [-0.1, -0.05) is 30.3 Å². The number of aryl methyl sites for hydroxylation is 1. The van der Waals surface area contributed by atoms with Crippen molar-refractivity contribution in [2.75, 3.05) is 19.4 Å². The second-order valence-corrected chi connectivity index (χ2v) is 8.57. The molecule has 0 saturated heterocycles. The molecular weight excluding hydrogens is 430 g/mol. The lowest BCUT2D eigenvalue weighted by molar-refractivity contribution is -0.385. The number of amides is 1. The Balaban J connectivity index is 1.84. The van der Waals surface area contributed by atoms with Gasteiger partial charge in [0.25, 0.3) is 5.69 Å². The van der Waals surface area contributed by atoms with Crippen LogP contribution in [0.25, 0.3) is 21.8 Å². The van der Waals surface area contributed by atoms with E-state index < -0.39 is 0 Å². The first-order valence-electron chi connectivity index (χ1n) is 11.0. The summed E-state index contributed by atoms with van der Waals surface area (Å²) in [7, 11) is 3.82. The van der Waals surface area contributed by atoms with Crippen molar-refractivity contribution in [3.8, 4) is 0 Å². The Hall–Kier alpha value is -4.04. The van der Waals surface area contributed by atoms with Gasteiger partial charge in [0.2, 0.25) is 5.91 Å². The number of para-hydroxylation sites is 1. The summed E-state index contributed by atoms with van der Waals surface area (Å²) in [4.78, 5) is 30.8. The summed E-state index contributed by atoms with van der Waals surface area (Å²) in [5, 5.41) is 19.5. The molecule has 0 aliphatic rings. The van der Waals surface area contributed by atoms with Crippen molar-refractivity contribution in [3.05, 3.63) is 81.9 Å². The largest absolute Gasteiger partial charge is 0.355 e. The van der Waals surface area contributed by atoms with Crippen LogP contribution >= 0.6 is 0 Å². The molecule has 4 rings (SSSR count). The van der Waals surface area contributed by atoms with Gasteiger partial charge in [0.15, 0.2) is 0 Å². The third-order valence-electron chi connectivity index (χ3n) is 5.98. The quantitative estimate of drug-likeness (QED) is 0.177. The summed E-state index contributed by atoms with van der Waals surface area (Å²) in [5.74, 6) is -0.0976. The van der Waals surface area contributed by atoms with Crippen LogP contribution in [-0.4, -0.2) is 41.0 Å². The molecule has 1 atom stereocenters. The highest BCUT2D eigenvalue weighted by Crippen LogP contribution is 2.34. The van der Waals surface area contributed by atoms with Crippen LogP contribution in [0.4, 0.5) is 17.1 Å². The molecule has 0 bridgehead atoms. The zero-order valence-electron chi connectivity index (χ0n) is 19.6. The Morgan fingerprint density at radius 2 is 1.82 bits per heavy atom.